The zero-order chi connectivity index (χ0) is 14.9. The zero-order valence-electron chi connectivity index (χ0n) is 13.2. The molecule has 1 fully saturated rings. The third-order valence-electron chi connectivity index (χ3n) is 3.99. The molecular weight excluding hydrogens is 264 g/mol. The van der Waals surface area contributed by atoms with Crippen molar-refractivity contribution >= 4 is 5.91 Å². The third-order valence-corrected chi connectivity index (χ3v) is 3.99. The lowest BCUT2D eigenvalue weighted by Crippen LogP contribution is -2.25. The van der Waals surface area contributed by atoms with Crippen LogP contribution >= 0.6 is 0 Å². The first-order valence-electron chi connectivity index (χ1n) is 8.51. The Morgan fingerprint density at radius 1 is 1.14 bits per heavy atom. The number of amides is 1. The summed E-state index contributed by atoms with van der Waals surface area (Å²) in [5.41, 5.74) is 0. The van der Waals surface area contributed by atoms with Gasteiger partial charge in [0.2, 0.25) is 5.82 Å². The average molecular weight is 292 g/mol. The van der Waals surface area contributed by atoms with E-state index < -0.39 is 0 Å². The Hall–Kier alpha value is -1.39. The van der Waals surface area contributed by atoms with Crippen molar-refractivity contribution in [3.63, 3.8) is 0 Å². The molecule has 1 heterocycles. The van der Waals surface area contributed by atoms with Crippen molar-refractivity contribution in [3.8, 4) is 0 Å². The summed E-state index contributed by atoms with van der Waals surface area (Å²) in [6.07, 6.45) is 12.5. The van der Waals surface area contributed by atoms with E-state index in [1.807, 2.05) is 0 Å². The first-order valence-corrected chi connectivity index (χ1v) is 8.51. The number of rotatable bonds is 11. The summed E-state index contributed by atoms with van der Waals surface area (Å²) in [5.74, 6) is 1.51. The van der Waals surface area contributed by atoms with Crippen LogP contribution in [0.2, 0.25) is 0 Å². The molecular formula is C16H28N4O. The number of aromatic nitrogens is 3. The second-order valence-electron chi connectivity index (χ2n) is 6.05. The van der Waals surface area contributed by atoms with E-state index in [1.165, 1.54) is 44.9 Å². The van der Waals surface area contributed by atoms with Gasteiger partial charge in [-0.3, -0.25) is 9.89 Å². The number of H-pyrrole nitrogens is 1. The van der Waals surface area contributed by atoms with E-state index in [4.69, 9.17) is 0 Å². The molecule has 0 bridgehead atoms. The largest absolute Gasteiger partial charge is 0.349 e. The molecule has 5 nitrogen and oxygen atoms in total. The van der Waals surface area contributed by atoms with Gasteiger partial charge < -0.3 is 5.32 Å². The quantitative estimate of drug-likeness (QED) is 0.613. The summed E-state index contributed by atoms with van der Waals surface area (Å²) in [5, 5.41) is 9.75. The van der Waals surface area contributed by atoms with Crippen LogP contribution in [0.1, 0.15) is 93.5 Å². The molecule has 1 aliphatic rings. The Balaban J connectivity index is 1.49. The number of unbranched alkanes of at least 4 members (excludes halogenated alkanes) is 7. The standard InChI is InChI=1S/C16H28N4O/c1-2-3-4-5-6-7-8-9-12-17-16(21)15-18-14(19-20-15)13-10-11-13/h13H,2-12H2,1H3,(H,17,21)(H,18,19,20). The van der Waals surface area contributed by atoms with E-state index in [0.717, 1.165) is 31.6 Å². The van der Waals surface area contributed by atoms with Crippen molar-refractivity contribution in [3.05, 3.63) is 11.6 Å². The fourth-order valence-corrected chi connectivity index (χ4v) is 2.46. The molecule has 0 atom stereocenters. The van der Waals surface area contributed by atoms with E-state index >= 15 is 0 Å². The highest BCUT2D eigenvalue weighted by molar-refractivity contribution is 5.90. The van der Waals surface area contributed by atoms with Crippen molar-refractivity contribution in [1.29, 1.82) is 0 Å². The van der Waals surface area contributed by atoms with Crippen LogP contribution < -0.4 is 5.32 Å². The number of carbonyl (C=O) groups is 1. The number of hydrogen-bond acceptors (Lipinski definition) is 3. The van der Waals surface area contributed by atoms with Crippen LogP contribution in [0.4, 0.5) is 0 Å². The molecule has 118 valence electrons. The molecule has 0 aromatic carbocycles. The maximum Gasteiger partial charge on any atom is 0.290 e. The van der Waals surface area contributed by atoms with Crippen molar-refractivity contribution in [2.45, 2.75) is 77.0 Å². The number of carbonyl (C=O) groups excluding carboxylic acids is 1. The van der Waals surface area contributed by atoms with Gasteiger partial charge in [0, 0.05) is 12.5 Å². The predicted molar refractivity (Wildman–Crippen MR) is 83.3 cm³/mol. The molecule has 2 N–H and O–H groups in total. The lowest BCUT2D eigenvalue weighted by atomic mass is 10.1. The summed E-state index contributed by atoms with van der Waals surface area (Å²) >= 11 is 0. The van der Waals surface area contributed by atoms with Crippen molar-refractivity contribution in [1.82, 2.24) is 20.5 Å². The summed E-state index contributed by atoms with van der Waals surface area (Å²) in [7, 11) is 0. The van der Waals surface area contributed by atoms with Crippen molar-refractivity contribution in [2.24, 2.45) is 0 Å². The van der Waals surface area contributed by atoms with E-state index in [0.29, 0.717) is 5.92 Å². The molecule has 1 aliphatic carbocycles. The van der Waals surface area contributed by atoms with Crippen molar-refractivity contribution in [2.75, 3.05) is 6.54 Å². The highest BCUT2D eigenvalue weighted by atomic mass is 16.2. The van der Waals surface area contributed by atoms with Crippen LogP contribution in [0.25, 0.3) is 0 Å². The van der Waals surface area contributed by atoms with E-state index in [2.05, 4.69) is 27.4 Å². The SMILES string of the molecule is CCCCCCCCCCNC(=O)c1n[nH]c(C2CC2)n1. The molecule has 0 radical (unpaired) electrons. The minimum Gasteiger partial charge on any atom is -0.349 e. The molecule has 1 aromatic heterocycles. The minimum absolute atomic E-state index is 0.152. The molecule has 1 aromatic rings. The molecule has 0 saturated heterocycles. The lowest BCUT2D eigenvalue weighted by molar-refractivity contribution is 0.0943. The summed E-state index contributed by atoms with van der Waals surface area (Å²) in [6.45, 7) is 2.96. The maximum absolute atomic E-state index is 11.9. The van der Waals surface area contributed by atoms with Gasteiger partial charge in [0.1, 0.15) is 5.82 Å². The van der Waals surface area contributed by atoms with Gasteiger partial charge in [-0.05, 0) is 19.3 Å². The molecule has 5 heteroatoms. The second-order valence-corrected chi connectivity index (χ2v) is 6.05. The Morgan fingerprint density at radius 2 is 1.81 bits per heavy atom. The van der Waals surface area contributed by atoms with Gasteiger partial charge in [0.25, 0.3) is 5.91 Å². The Labute approximate surface area is 127 Å². The van der Waals surface area contributed by atoms with Gasteiger partial charge in [0.15, 0.2) is 0 Å². The Morgan fingerprint density at radius 3 is 2.48 bits per heavy atom. The van der Waals surface area contributed by atoms with Gasteiger partial charge >= 0.3 is 0 Å². The lowest BCUT2D eigenvalue weighted by Gasteiger charge is -2.03. The van der Waals surface area contributed by atoms with E-state index in [9.17, 15) is 4.79 Å². The van der Waals surface area contributed by atoms with E-state index in [1.54, 1.807) is 0 Å². The normalized spacial score (nSPS) is 14.3. The second kappa shape index (κ2) is 8.80. The maximum atomic E-state index is 11.9. The summed E-state index contributed by atoms with van der Waals surface area (Å²) in [4.78, 5) is 16.1. The van der Waals surface area contributed by atoms with E-state index in [-0.39, 0.29) is 11.7 Å². The average Bonchev–Trinajstić information content (AvgIpc) is 3.22. The van der Waals surface area contributed by atoms with Crippen LogP contribution in [0.3, 0.4) is 0 Å². The van der Waals surface area contributed by atoms with Crippen LogP contribution in [-0.4, -0.2) is 27.6 Å². The molecule has 1 amide bonds. The molecule has 21 heavy (non-hydrogen) atoms. The van der Waals surface area contributed by atoms with Crippen LogP contribution in [0.15, 0.2) is 0 Å². The molecule has 0 aliphatic heterocycles. The van der Waals surface area contributed by atoms with Gasteiger partial charge in [-0.2, -0.15) is 0 Å². The fraction of sp³-hybridized carbons (Fsp3) is 0.812. The molecule has 2 rings (SSSR count). The van der Waals surface area contributed by atoms with Gasteiger partial charge in [-0.1, -0.05) is 51.9 Å². The van der Waals surface area contributed by atoms with Crippen LogP contribution in [0, 0.1) is 0 Å². The minimum atomic E-state index is -0.152. The summed E-state index contributed by atoms with van der Waals surface area (Å²) < 4.78 is 0. The van der Waals surface area contributed by atoms with Crippen molar-refractivity contribution < 1.29 is 4.79 Å². The number of hydrogen-bond donors (Lipinski definition) is 2. The van der Waals surface area contributed by atoms with Crippen LogP contribution in [-0.2, 0) is 0 Å². The van der Waals surface area contributed by atoms with Gasteiger partial charge in [0.05, 0.1) is 0 Å². The molecule has 0 unspecified atom stereocenters. The number of aromatic amines is 1. The van der Waals surface area contributed by atoms with Gasteiger partial charge in [-0.15, -0.1) is 5.10 Å². The topological polar surface area (TPSA) is 70.7 Å². The first-order chi connectivity index (χ1) is 10.3. The Bertz CT molecular complexity index is 426. The van der Waals surface area contributed by atoms with Gasteiger partial charge in [-0.25, -0.2) is 4.98 Å². The first kappa shape index (κ1) is 16.0. The fourth-order valence-electron chi connectivity index (χ4n) is 2.46. The highest BCUT2D eigenvalue weighted by Gasteiger charge is 2.28. The third kappa shape index (κ3) is 5.86. The number of nitrogens with zero attached hydrogens (tertiary/aromatic N) is 2. The van der Waals surface area contributed by atoms with Crippen LogP contribution in [0.5, 0.6) is 0 Å². The Kier molecular flexibility index (Phi) is 6.70. The number of nitrogens with one attached hydrogen (secondary N) is 2. The highest BCUT2D eigenvalue weighted by Crippen LogP contribution is 2.37. The summed E-state index contributed by atoms with van der Waals surface area (Å²) in [6, 6.07) is 0. The monoisotopic (exact) mass is 292 g/mol. The smallest absolute Gasteiger partial charge is 0.290 e. The molecule has 0 spiro atoms. The molecule has 1 saturated carbocycles. The zero-order valence-corrected chi connectivity index (χ0v) is 13.2. The predicted octanol–water partition coefficient (Wildman–Crippen LogP) is 3.55.